The van der Waals surface area contributed by atoms with Crippen molar-refractivity contribution in [3.05, 3.63) is 70.8 Å². The van der Waals surface area contributed by atoms with Crippen molar-refractivity contribution in [3.63, 3.8) is 0 Å². The van der Waals surface area contributed by atoms with Crippen molar-refractivity contribution in [2.75, 3.05) is 19.6 Å². The lowest BCUT2D eigenvalue weighted by Gasteiger charge is -2.30. The van der Waals surface area contributed by atoms with Crippen molar-refractivity contribution in [3.8, 4) is 0 Å². The third-order valence-corrected chi connectivity index (χ3v) is 6.63. The fraction of sp³-hybridized carbons (Fsp3) is 0.360. The van der Waals surface area contributed by atoms with Crippen molar-refractivity contribution >= 4 is 29.3 Å². The van der Waals surface area contributed by atoms with Crippen molar-refractivity contribution in [1.29, 1.82) is 0 Å². The Morgan fingerprint density at radius 1 is 0.968 bits per heavy atom. The third kappa shape index (κ3) is 6.45. The van der Waals surface area contributed by atoms with E-state index in [1.807, 2.05) is 11.8 Å². The maximum Gasteiger partial charge on any atom is 0.303 e. The zero-order valence-electron chi connectivity index (χ0n) is 17.8. The highest BCUT2D eigenvalue weighted by Gasteiger charge is 2.23. The summed E-state index contributed by atoms with van der Waals surface area (Å²) in [6.45, 7) is 4.02. The molecule has 2 aliphatic rings. The molecule has 0 aromatic heterocycles. The molecular weight excluding hydrogens is 410 g/mol. The van der Waals surface area contributed by atoms with Crippen LogP contribution in [-0.4, -0.2) is 46.7 Å². The monoisotopic (exact) mass is 439 g/mol. The Labute approximate surface area is 187 Å². The van der Waals surface area contributed by atoms with Gasteiger partial charge in [-0.15, -0.1) is 11.8 Å². The van der Waals surface area contributed by atoms with Gasteiger partial charge in [-0.25, -0.2) is 0 Å². The number of carboxylic acids is 2. The summed E-state index contributed by atoms with van der Waals surface area (Å²) in [5.41, 5.74) is 7.18. The second kappa shape index (κ2) is 11.2. The molecule has 0 saturated carbocycles. The topological polar surface area (TPSA) is 77.8 Å². The second-order valence-electron chi connectivity index (χ2n) is 7.78. The summed E-state index contributed by atoms with van der Waals surface area (Å²) in [5, 5.41) is 16.3. The van der Waals surface area contributed by atoms with Crippen molar-refractivity contribution in [1.82, 2.24) is 4.90 Å². The predicted molar refractivity (Wildman–Crippen MR) is 124 cm³/mol. The Hall–Kier alpha value is -2.57. The van der Waals surface area contributed by atoms with E-state index in [4.69, 9.17) is 15.0 Å². The van der Waals surface area contributed by atoms with Crippen LogP contribution in [0.25, 0.3) is 5.57 Å². The second-order valence-corrected chi connectivity index (χ2v) is 8.80. The van der Waals surface area contributed by atoms with Gasteiger partial charge >= 0.3 is 5.97 Å². The van der Waals surface area contributed by atoms with Gasteiger partial charge < -0.3 is 15.1 Å². The number of piperidine rings is 1. The van der Waals surface area contributed by atoms with Crippen LogP contribution in [0.5, 0.6) is 0 Å². The largest absolute Gasteiger partial charge is 0.481 e. The molecule has 2 aromatic carbocycles. The molecule has 6 heteroatoms. The summed E-state index contributed by atoms with van der Waals surface area (Å²) in [7, 11) is 0. The molecule has 2 aromatic rings. The highest BCUT2D eigenvalue weighted by molar-refractivity contribution is 7.98. The van der Waals surface area contributed by atoms with Gasteiger partial charge in [-0.1, -0.05) is 48.0 Å². The molecule has 2 N–H and O–H groups in total. The van der Waals surface area contributed by atoms with Crippen LogP contribution in [-0.2, 0) is 15.3 Å². The number of hydrogen-bond donors (Lipinski definition) is 2. The first-order valence-corrected chi connectivity index (χ1v) is 11.6. The molecule has 2 aliphatic heterocycles. The van der Waals surface area contributed by atoms with Crippen LogP contribution in [0.3, 0.4) is 0 Å². The van der Waals surface area contributed by atoms with Gasteiger partial charge in [-0.05, 0) is 54.1 Å². The summed E-state index contributed by atoms with van der Waals surface area (Å²) in [4.78, 5) is 23.5. The number of fused-ring (bicyclic) bond motifs is 2. The van der Waals surface area contributed by atoms with E-state index in [2.05, 4.69) is 53.4 Å². The number of benzene rings is 2. The molecule has 1 fully saturated rings. The first kappa shape index (κ1) is 23.1. The molecule has 5 nitrogen and oxygen atoms in total. The van der Waals surface area contributed by atoms with Crippen LogP contribution in [0, 0.1) is 0 Å². The van der Waals surface area contributed by atoms with E-state index in [1.165, 1.54) is 27.2 Å². The number of aliphatic carboxylic acids is 2. The smallest absolute Gasteiger partial charge is 0.303 e. The number of nitrogens with zero attached hydrogens (tertiary/aromatic N) is 1. The Bertz CT molecular complexity index is 906. The average molecular weight is 440 g/mol. The Kier molecular flexibility index (Phi) is 8.32. The quantitative estimate of drug-likeness (QED) is 0.686. The SMILES string of the molecule is CC(=O)O.O=C(O)CCCN1CCC(=C2c3ccccc3CSc3ccccc32)CC1. The van der Waals surface area contributed by atoms with Crippen molar-refractivity contribution in [2.24, 2.45) is 0 Å². The molecule has 1 saturated heterocycles. The predicted octanol–water partition coefficient (Wildman–Crippen LogP) is 5.15. The molecule has 0 atom stereocenters. The number of thioether (sulfide) groups is 1. The van der Waals surface area contributed by atoms with Crippen LogP contribution in [0.1, 0.15) is 49.3 Å². The molecule has 4 rings (SSSR count). The molecule has 31 heavy (non-hydrogen) atoms. The normalized spacial score (nSPS) is 15.8. The fourth-order valence-electron chi connectivity index (χ4n) is 4.12. The molecule has 0 unspecified atom stereocenters. The maximum absolute atomic E-state index is 10.7. The van der Waals surface area contributed by atoms with Gasteiger partial charge in [0.1, 0.15) is 0 Å². The third-order valence-electron chi connectivity index (χ3n) is 5.50. The van der Waals surface area contributed by atoms with E-state index in [0.717, 1.165) is 51.6 Å². The standard InChI is InChI=1S/C23H25NO2S.C2H4O2/c25-22(26)10-5-13-24-14-11-17(12-15-24)23-19-7-2-1-6-18(19)16-27-21-9-4-3-8-20(21)23;1-2(3)4/h1-4,6-9H,5,10-16H2,(H,25,26);1H3,(H,3,4). The number of carbonyl (C=O) groups is 2. The maximum atomic E-state index is 10.7. The van der Waals surface area contributed by atoms with Crippen LogP contribution >= 0.6 is 11.8 Å². The molecule has 0 amide bonds. The Morgan fingerprint density at radius 2 is 1.58 bits per heavy atom. The minimum absolute atomic E-state index is 0.266. The van der Waals surface area contributed by atoms with Crippen LogP contribution < -0.4 is 0 Å². The highest BCUT2D eigenvalue weighted by atomic mass is 32.2. The van der Waals surface area contributed by atoms with Gasteiger partial charge in [0.25, 0.3) is 5.97 Å². The molecule has 2 heterocycles. The Morgan fingerprint density at radius 3 is 2.26 bits per heavy atom. The zero-order valence-corrected chi connectivity index (χ0v) is 18.7. The average Bonchev–Trinajstić information content (AvgIpc) is 2.91. The number of rotatable bonds is 4. The summed E-state index contributed by atoms with van der Waals surface area (Å²) < 4.78 is 0. The lowest BCUT2D eigenvalue weighted by Crippen LogP contribution is -2.32. The van der Waals surface area contributed by atoms with E-state index < -0.39 is 11.9 Å². The summed E-state index contributed by atoms with van der Waals surface area (Å²) in [6.07, 6.45) is 3.14. The highest BCUT2D eigenvalue weighted by Crippen LogP contribution is 2.43. The first-order chi connectivity index (χ1) is 15.0. The van der Waals surface area contributed by atoms with Gasteiger partial charge in [0.05, 0.1) is 0 Å². The van der Waals surface area contributed by atoms with E-state index in [-0.39, 0.29) is 6.42 Å². The summed E-state index contributed by atoms with van der Waals surface area (Å²) >= 11 is 1.93. The lowest BCUT2D eigenvalue weighted by molar-refractivity contribution is -0.137. The van der Waals surface area contributed by atoms with Crippen LogP contribution in [0.2, 0.25) is 0 Å². The van der Waals surface area contributed by atoms with E-state index in [0.29, 0.717) is 0 Å². The molecule has 0 aliphatic carbocycles. The van der Waals surface area contributed by atoms with E-state index in [9.17, 15) is 4.79 Å². The molecule has 164 valence electrons. The van der Waals surface area contributed by atoms with Gasteiger partial charge in [0.2, 0.25) is 0 Å². The minimum Gasteiger partial charge on any atom is -0.481 e. The van der Waals surface area contributed by atoms with Crippen LogP contribution in [0.4, 0.5) is 0 Å². The first-order valence-electron chi connectivity index (χ1n) is 10.6. The lowest BCUT2D eigenvalue weighted by atomic mass is 9.86. The number of hydrogen-bond acceptors (Lipinski definition) is 4. The molecule has 0 radical (unpaired) electrons. The number of likely N-dealkylation sites (tertiary alicyclic amines) is 1. The van der Waals surface area contributed by atoms with E-state index >= 15 is 0 Å². The fourth-order valence-corrected chi connectivity index (χ4v) is 5.18. The Balaban J connectivity index is 0.000000628. The minimum atomic E-state index is -0.833. The molecule has 0 spiro atoms. The molecular formula is C25H29NO4S. The van der Waals surface area contributed by atoms with Gasteiger partial charge in [-0.3, -0.25) is 9.59 Å². The zero-order chi connectivity index (χ0) is 22.2. The van der Waals surface area contributed by atoms with E-state index in [1.54, 1.807) is 5.57 Å². The van der Waals surface area contributed by atoms with Gasteiger partial charge in [0, 0.05) is 37.1 Å². The van der Waals surface area contributed by atoms with Crippen LogP contribution in [0.15, 0.2) is 59.0 Å². The summed E-state index contributed by atoms with van der Waals surface area (Å²) in [5.74, 6) is -0.510. The van der Waals surface area contributed by atoms with Crippen molar-refractivity contribution in [2.45, 2.75) is 43.3 Å². The van der Waals surface area contributed by atoms with Gasteiger partial charge in [0.15, 0.2) is 0 Å². The number of carboxylic acid groups (broad SMARTS) is 2. The summed E-state index contributed by atoms with van der Waals surface area (Å²) in [6, 6.07) is 17.6. The van der Waals surface area contributed by atoms with Gasteiger partial charge in [-0.2, -0.15) is 0 Å². The molecule has 0 bridgehead atoms. The van der Waals surface area contributed by atoms with Crippen molar-refractivity contribution < 1.29 is 19.8 Å².